The molecule has 7 heteroatoms. The molecule has 0 aliphatic rings. The SMILES string of the molecule is O=C(COCc1ccc(F)cc1)NCCCCCC(=O)N[C@H](CO)c1ccccc1. The van der Waals surface area contributed by atoms with E-state index in [2.05, 4.69) is 10.6 Å². The molecule has 6 nitrogen and oxygen atoms in total. The summed E-state index contributed by atoms with van der Waals surface area (Å²) in [6, 6.07) is 14.9. The van der Waals surface area contributed by atoms with E-state index in [1.165, 1.54) is 12.1 Å². The van der Waals surface area contributed by atoms with Crippen LogP contribution in [0.1, 0.15) is 42.9 Å². The van der Waals surface area contributed by atoms with Gasteiger partial charge in [-0.2, -0.15) is 0 Å². The van der Waals surface area contributed by atoms with Crippen LogP contribution in [0.4, 0.5) is 4.39 Å². The monoisotopic (exact) mass is 416 g/mol. The number of carbonyl (C=O) groups is 2. The molecule has 2 amide bonds. The Kier molecular flexibility index (Phi) is 10.5. The third kappa shape index (κ3) is 9.15. The lowest BCUT2D eigenvalue weighted by Gasteiger charge is -2.16. The van der Waals surface area contributed by atoms with Crippen LogP contribution in [0.25, 0.3) is 0 Å². The predicted octanol–water partition coefficient (Wildman–Crippen LogP) is 2.87. The number of ether oxygens (including phenoxy) is 1. The van der Waals surface area contributed by atoms with Crippen molar-refractivity contribution in [2.24, 2.45) is 0 Å². The summed E-state index contributed by atoms with van der Waals surface area (Å²) in [4.78, 5) is 23.8. The van der Waals surface area contributed by atoms with Crippen LogP contribution in [0.5, 0.6) is 0 Å². The van der Waals surface area contributed by atoms with Gasteiger partial charge in [0, 0.05) is 13.0 Å². The number of halogens is 1. The highest BCUT2D eigenvalue weighted by Crippen LogP contribution is 2.12. The highest BCUT2D eigenvalue weighted by atomic mass is 19.1. The number of aliphatic hydroxyl groups excluding tert-OH is 1. The lowest BCUT2D eigenvalue weighted by atomic mass is 10.1. The number of hydrogen-bond acceptors (Lipinski definition) is 4. The zero-order chi connectivity index (χ0) is 21.6. The van der Waals surface area contributed by atoms with E-state index >= 15 is 0 Å². The summed E-state index contributed by atoms with van der Waals surface area (Å²) in [6.07, 6.45) is 2.64. The minimum atomic E-state index is -0.395. The molecule has 0 aromatic heterocycles. The number of nitrogens with one attached hydrogen (secondary N) is 2. The Labute approximate surface area is 176 Å². The van der Waals surface area contributed by atoms with Crippen LogP contribution in [-0.4, -0.2) is 36.7 Å². The van der Waals surface area contributed by atoms with Gasteiger partial charge in [-0.05, 0) is 36.1 Å². The van der Waals surface area contributed by atoms with Crippen LogP contribution < -0.4 is 10.6 Å². The molecule has 2 rings (SSSR count). The van der Waals surface area contributed by atoms with E-state index in [9.17, 15) is 19.1 Å². The quantitative estimate of drug-likeness (QED) is 0.438. The highest BCUT2D eigenvalue weighted by molar-refractivity contribution is 5.77. The minimum Gasteiger partial charge on any atom is -0.394 e. The Balaban J connectivity index is 1.50. The molecule has 0 aliphatic carbocycles. The van der Waals surface area contributed by atoms with Crippen LogP contribution in [0.2, 0.25) is 0 Å². The smallest absolute Gasteiger partial charge is 0.246 e. The number of benzene rings is 2. The Morgan fingerprint density at radius 1 is 0.967 bits per heavy atom. The molecule has 3 N–H and O–H groups in total. The van der Waals surface area contributed by atoms with Crippen LogP contribution in [0.3, 0.4) is 0 Å². The van der Waals surface area contributed by atoms with Gasteiger partial charge in [0.1, 0.15) is 12.4 Å². The van der Waals surface area contributed by atoms with E-state index in [4.69, 9.17) is 4.74 Å². The average molecular weight is 416 g/mol. The molecule has 0 saturated carbocycles. The second-order valence-electron chi connectivity index (χ2n) is 6.99. The summed E-state index contributed by atoms with van der Waals surface area (Å²) in [5.74, 6) is -0.613. The van der Waals surface area contributed by atoms with Crippen molar-refractivity contribution < 1.29 is 23.8 Å². The molecule has 0 saturated heterocycles. The van der Waals surface area contributed by atoms with E-state index in [1.54, 1.807) is 12.1 Å². The van der Waals surface area contributed by atoms with Crippen molar-refractivity contribution in [3.8, 4) is 0 Å². The van der Waals surface area contributed by atoms with Gasteiger partial charge in [0.25, 0.3) is 0 Å². The van der Waals surface area contributed by atoms with Gasteiger partial charge in [0.15, 0.2) is 0 Å². The topological polar surface area (TPSA) is 87.7 Å². The Hall–Kier alpha value is -2.77. The molecule has 0 bridgehead atoms. The lowest BCUT2D eigenvalue weighted by Crippen LogP contribution is -2.30. The van der Waals surface area contributed by atoms with Crippen molar-refractivity contribution in [2.75, 3.05) is 19.8 Å². The largest absolute Gasteiger partial charge is 0.394 e. The number of aliphatic hydroxyl groups is 1. The maximum atomic E-state index is 12.8. The second-order valence-corrected chi connectivity index (χ2v) is 6.99. The summed E-state index contributed by atoms with van der Waals surface area (Å²) < 4.78 is 18.1. The van der Waals surface area contributed by atoms with E-state index in [0.29, 0.717) is 19.4 Å². The van der Waals surface area contributed by atoms with Crippen molar-refractivity contribution in [2.45, 2.75) is 38.3 Å². The molecular weight excluding hydrogens is 387 g/mol. The average Bonchev–Trinajstić information content (AvgIpc) is 2.76. The van der Waals surface area contributed by atoms with Crippen LogP contribution in [0.15, 0.2) is 54.6 Å². The molecule has 162 valence electrons. The highest BCUT2D eigenvalue weighted by Gasteiger charge is 2.12. The van der Waals surface area contributed by atoms with E-state index in [-0.39, 0.29) is 37.5 Å². The molecule has 0 spiro atoms. The number of hydrogen-bond donors (Lipinski definition) is 3. The number of rotatable bonds is 13. The van der Waals surface area contributed by atoms with Crippen molar-refractivity contribution >= 4 is 11.8 Å². The first kappa shape index (κ1) is 23.5. The minimum absolute atomic E-state index is 0.0538. The Bertz CT molecular complexity index is 769. The summed E-state index contributed by atoms with van der Waals surface area (Å²) in [6.45, 7) is 0.567. The molecule has 1 atom stereocenters. The Morgan fingerprint density at radius 3 is 2.40 bits per heavy atom. The summed E-state index contributed by atoms with van der Waals surface area (Å²) in [5, 5.41) is 15.1. The third-order valence-electron chi connectivity index (χ3n) is 4.54. The molecule has 0 heterocycles. The summed E-state index contributed by atoms with van der Waals surface area (Å²) in [7, 11) is 0. The molecule has 30 heavy (non-hydrogen) atoms. The molecule has 0 unspecified atom stereocenters. The molecule has 0 radical (unpaired) electrons. The van der Waals surface area contributed by atoms with Gasteiger partial charge in [0.2, 0.25) is 11.8 Å². The van der Waals surface area contributed by atoms with E-state index in [0.717, 1.165) is 24.0 Å². The maximum Gasteiger partial charge on any atom is 0.246 e. The molecule has 0 fully saturated rings. The van der Waals surface area contributed by atoms with Gasteiger partial charge in [-0.3, -0.25) is 9.59 Å². The van der Waals surface area contributed by atoms with Gasteiger partial charge < -0.3 is 20.5 Å². The second kappa shape index (κ2) is 13.5. The van der Waals surface area contributed by atoms with Crippen LogP contribution in [0, 0.1) is 5.82 Å². The van der Waals surface area contributed by atoms with Crippen molar-refractivity contribution in [3.63, 3.8) is 0 Å². The van der Waals surface area contributed by atoms with Gasteiger partial charge in [0.05, 0.1) is 19.3 Å². The Morgan fingerprint density at radius 2 is 1.70 bits per heavy atom. The normalized spacial score (nSPS) is 11.7. The van der Waals surface area contributed by atoms with Crippen molar-refractivity contribution in [3.05, 3.63) is 71.5 Å². The fourth-order valence-electron chi connectivity index (χ4n) is 2.89. The van der Waals surface area contributed by atoms with E-state index in [1.807, 2.05) is 30.3 Å². The van der Waals surface area contributed by atoms with Gasteiger partial charge in [-0.15, -0.1) is 0 Å². The molecule has 2 aromatic carbocycles. The van der Waals surface area contributed by atoms with E-state index < -0.39 is 6.04 Å². The third-order valence-corrected chi connectivity index (χ3v) is 4.54. The van der Waals surface area contributed by atoms with Gasteiger partial charge >= 0.3 is 0 Å². The zero-order valence-corrected chi connectivity index (χ0v) is 17.0. The maximum absolute atomic E-state index is 12.8. The number of carbonyl (C=O) groups excluding carboxylic acids is 2. The first-order valence-corrected chi connectivity index (χ1v) is 10.1. The summed E-state index contributed by atoms with van der Waals surface area (Å²) in [5.41, 5.74) is 1.68. The lowest BCUT2D eigenvalue weighted by molar-refractivity contribution is -0.126. The van der Waals surface area contributed by atoms with Crippen molar-refractivity contribution in [1.29, 1.82) is 0 Å². The number of amides is 2. The molecule has 0 aliphatic heterocycles. The van der Waals surface area contributed by atoms with Gasteiger partial charge in [-0.25, -0.2) is 4.39 Å². The number of unbranched alkanes of at least 4 members (excludes halogenated alkanes) is 2. The molecular formula is C23H29FN2O4. The van der Waals surface area contributed by atoms with Crippen molar-refractivity contribution in [1.82, 2.24) is 10.6 Å². The first-order chi connectivity index (χ1) is 14.6. The fraction of sp³-hybridized carbons (Fsp3) is 0.391. The van der Waals surface area contributed by atoms with Gasteiger partial charge in [-0.1, -0.05) is 48.9 Å². The first-order valence-electron chi connectivity index (χ1n) is 10.1. The summed E-state index contributed by atoms with van der Waals surface area (Å²) >= 11 is 0. The van der Waals surface area contributed by atoms with Crippen LogP contribution in [-0.2, 0) is 20.9 Å². The zero-order valence-electron chi connectivity index (χ0n) is 17.0. The van der Waals surface area contributed by atoms with Crippen LogP contribution >= 0.6 is 0 Å². The fourth-order valence-corrected chi connectivity index (χ4v) is 2.89. The standard InChI is InChI=1S/C23H29FN2O4/c24-20-12-10-18(11-13-20)16-30-17-23(29)25-14-6-2-5-9-22(28)26-21(15-27)19-7-3-1-4-8-19/h1,3-4,7-8,10-13,21,27H,2,5-6,9,14-17H2,(H,25,29)(H,26,28)/t21-/m1/s1. The predicted molar refractivity (Wildman–Crippen MR) is 112 cm³/mol. The molecule has 2 aromatic rings.